The van der Waals surface area contributed by atoms with Gasteiger partial charge in [0.15, 0.2) is 0 Å². The summed E-state index contributed by atoms with van der Waals surface area (Å²) in [5, 5.41) is 0. The van der Waals surface area contributed by atoms with Gasteiger partial charge in [-0.05, 0) is 118 Å². The van der Waals surface area contributed by atoms with E-state index in [9.17, 15) is 13.2 Å². The standard InChI is InChI=1S/C31H40ClF3/c32-22-20-24-6-10-26(11-7-24)28-14-18-30(19-15-28)29-16-12-27(13-17-29)25-8-4-23(5-9-25)3-1-2-21-31(33,34)35/h14-15,18-20,22-27,29H,2,4-13,16-17,21H2. The van der Waals surface area contributed by atoms with Crippen LogP contribution >= 0.6 is 11.6 Å². The number of hydrogen-bond donors (Lipinski definition) is 0. The van der Waals surface area contributed by atoms with Crippen LogP contribution in [0.25, 0.3) is 0 Å². The van der Waals surface area contributed by atoms with E-state index in [1.165, 1.54) is 75.3 Å². The van der Waals surface area contributed by atoms with E-state index in [2.05, 4.69) is 42.2 Å². The van der Waals surface area contributed by atoms with E-state index in [-0.39, 0.29) is 6.42 Å². The van der Waals surface area contributed by atoms with Gasteiger partial charge in [0.25, 0.3) is 0 Å². The first-order chi connectivity index (χ1) is 16.9. The third-order valence-corrected chi connectivity index (χ3v) is 9.19. The normalized spacial score (nSPS) is 32.2. The van der Waals surface area contributed by atoms with E-state index in [1.54, 1.807) is 5.54 Å². The van der Waals surface area contributed by atoms with Crippen LogP contribution in [0.5, 0.6) is 0 Å². The summed E-state index contributed by atoms with van der Waals surface area (Å²) in [7, 11) is 0. The van der Waals surface area contributed by atoms with E-state index in [4.69, 9.17) is 11.6 Å². The monoisotopic (exact) mass is 504 g/mol. The summed E-state index contributed by atoms with van der Waals surface area (Å²) in [5.41, 5.74) is 4.71. The highest BCUT2D eigenvalue weighted by Crippen LogP contribution is 2.44. The zero-order chi connectivity index (χ0) is 24.7. The Hall–Kier alpha value is -1.40. The van der Waals surface area contributed by atoms with Crippen LogP contribution < -0.4 is 0 Å². The van der Waals surface area contributed by atoms with Gasteiger partial charge in [-0.15, -0.1) is 5.92 Å². The molecule has 0 bridgehead atoms. The summed E-state index contributed by atoms with van der Waals surface area (Å²) < 4.78 is 36.8. The first-order valence-corrected chi connectivity index (χ1v) is 14.3. The number of alkyl halides is 3. The molecule has 4 rings (SSSR count). The average molecular weight is 505 g/mol. The highest BCUT2D eigenvalue weighted by atomic mass is 35.5. The molecule has 0 aromatic heterocycles. The van der Waals surface area contributed by atoms with E-state index in [0.717, 1.165) is 24.7 Å². The molecule has 0 saturated heterocycles. The summed E-state index contributed by atoms with van der Waals surface area (Å²) in [6.45, 7) is 0. The van der Waals surface area contributed by atoms with Crippen LogP contribution in [-0.2, 0) is 0 Å². The van der Waals surface area contributed by atoms with Crippen LogP contribution in [0.1, 0.15) is 113 Å². The molecule has 35 heavy (non-hydrogen) atoms. The third-order valence-electron chi connectivity index (χ3n) is 9.05. The molecular formula is C31H40ClF3. The van der Waals surface area contributed by atoms with E-state index in [0.29, 0.717) is 23.7 Å². The Bertz CT molecular complexity index is 851. The van der Waals surface area contributed by atoms with Gasteiger partial charge in [0.05, 0.1) is 6.42 Å². The second-order valence-electron chi connectivity index (χ2n) is 11.3. The predicted octanol–water partition coefficient (Wildman–Crippen LogP) is 10.1. The van der Waals surface area contributed by atoms with Gasteiger partial charge < -0.3 is 0 Å². The Morgan fingerprint density at radius 3 is 1.71 bits per heavy atom. The van der Waals surface area contributed by atoms with Crippen molar-refractivity contribution >= 4 is 11.6 Å². The minimum atomic E-state index is -4.09. The van der Waals surface area contributed by atoms with Gasteiger partial charge in [0, 0.05) is 17.9 Å². The van der Waals surface area contributed by atoms with Crippen LogP contribution in [0.3, 0.4) is 0 Å². The Labute approximate surface area is 215 Å². The lowest BCUT2D eigenvalue weighted by molar-refractivity contribution is -0.133. The highest BCUT2D eigenvalue weighted by Gasteiger charge is 2.31. The quantitative estimate of drug-likeness (QED) is 0.350. The summed E-state index contributed by atoms with van der Waals surface area (Å²) in [6, 6.07) is 9.57. The molecule has 0 heterocycles. The van der Waals surface area contributed by atoms with Crippen molar-refractivity contribution in [2.24, 2.45) is 23.7 Å². The summed E-state index contributed by atoms with van der Waals surface area (Å²) >= 11 is 5.76. The van der Waals surface area contributed by atoms with Gasteiger partial charge in [-0.2, -0.15) is 13.2 Å². The van der Waals surface area contributed by atoms with Crippen LogP contribution in [0.2, 0.25) is 0 Å². The maximum Gasteiger partial charge on any atom is 0.390 e. The van der Waals surface area contributed by atoms with Gasteiger partial charge in [-0.25, -0.2) is 0 Å². The molecule has 3 aliphatic rings. The Morgan fingerprint density at radius 2 is 1.23 bits per heavy atom. The summed E-state index contributed by atoms with van der Waals surface area (Å²) in [4.78, 5) is 0. The largest absolute Gasteiger partial charge is 0.390 e. The maximum absolute atomic E-state index is 12.3. The molecular weight excluding hydrogens is 465 g/mol. The van der Waals surface area contributed by atoms with Crippen LogP contribution in [0.4, 0.5) is 13.2 Å². The lowest BCUT2D eigenvalue weighted by Crippen LogP contribution is -2.25. The van der Waals surface area contributed by atoms with E-state index >= 15 is 0 Å². The Kier molecular flexibility index (Phi) is 9.68. The third kappa shape index (κ3) is 8.04. The van der Waals surface area contributed by atoms with Gasteiger partial charge in [-0.1, -0.05) is 47.9 Å². The maximum atomic E-state index is 12.3. The molecule has 3 saturated carbocycles. The molecule has 0 aliphatic heterocycles. The minimum Gasteiger partial charge on any atom is -0.171 e. The predicted molar refractivity (Wildman–Crippen MR) is 139 cm³/mol. The summed E-state index contributed by atoms with van der Waals surface area (Å²) in [5.74, 6) is 9.87. The van der Waals surface area contributed by atoms with Crippen molar-refractivity contribution in [1.29, 1.82) is 0 Å². The second-order valence-corrected chi connectivity index (χ2v) is 11.5. The fraction of sp³-hybridized carbons (Fsp3) is 0.677. The van der Waals surface area contributed by atoms with Crippen molar-refractivity contribution in [3.8, 4) is 11.8 Å². The van der Waals surface area contributed by atoms with Crippen molar-refractivity contribution in [1.82, 2.24) is 0 Å². The van der Waals surface area contributed by atoms with Gasteiger partial charge >= 0.3 is 6.18 Å². The summed E-state index contributed by atoms with van der Waals surface area (Å²) in [6.07, 6.45) is 12.0. The second kappa shape index (κ2) is 12.7. The number of rotatable bonds is 5. The van der Waals surface area contributed by atoms with E-state index < -0.39 is 12.6 Å². The lowest BCUT2D eigenvalue weighted by Gasteiger charge is -2.37. The molecule has 0 radical (unpaired) electrons. The SMILES string of the molecule is FC(F)(F)CCC#CC1CCC(C2CCC(c3ccc(C4CCC(C=CCl)CC4)cc3)CC2)CC1. The molecule has 192 valence electrons. The molecule has 1 aromatic carbocycles. The molecule has 3 aliphatic carbocycles. The molecule has 0 spiro atoms. The Balaban J connectivity index is 1.18. The number of halogens is 4. The zero-order valence-corrected chi connectivity index (χ0v) is 21.6. The topological polar surface area (TPSA) is 0 Å². The molecule has 3 fully saturated rings. The van der Waals surface area contributed by atoms with Gasteiger partial charge in [0.2, 0.25) is 0 Å². The van der Waals surface area contributed by atoms with Crippen molar-refractivity contribution < 1.29 is 13.2 Å². The molecule has 4 heteroatoms. The molecule has 0 N–H and O–H groups in total. The van der Waals surface area contributed by atoms with Crippen molar-refractivity contribution in [2.45, 2.75) is 108 Å². The van der Waals surface area contributed by atoms with Gasteiger partial charge in [-0.3, -0.25) is 0 Å². The lowest BCUT2D eigenvalue weighted by atomic mass is 9.68. The van der Waals surface area contributed by atoms with Crippen LogP contribution in [0.15, 0.2) is 35.9 Å². The fourth-order valence-electron chi connectivity index (χ4n) is 6.87. The smallest absolute Gasteiger partial charge is 0.171 e. The zero-order valence-electron chi connectivity index (χ0n) is 20.8. The minimum absolute atomic E-state index is 0.0539. The van der Waals surface area contributed by atoms with Crippen molar-refractivity contribution in [3.63, 3.8) is 0 Å². The first-order valence-electron chi connectivity index (χ1n) is 13.8. The fourth-order valence-corrected chi connectivity index (χ4v) is 7.07. The van der Waals surface area contributed by atoms with E-state index in [1.807, 2.05) is 0 Å². The van der Waals surface area contributed by atoms with Crippen LogP contribution in [-0.4, -0.2) is 6.18 Å². The average Bonchev–Trinajstić information content (AvgIpc) is 2.87. The molecule has 0 unspecified atom stereocenters. The highest BCUT2D eigenvalue weighted by molar-refractivity contribution is 6.25. The number of benzene rings is 1. The molecule has 0 amide bonds. The first kappa shape index (κ1) is 26.7. The molecule has 0 atom stereocenters. The number of hydrogen-bond acceptors (Lipinski definition) is 0. The molecule has 0 nitrogen and oxygen atoms in total. The molecule has 1 aromatic rings. The number of allylic oxidation sites excluding steroid dienone is 1. The van der Waals surface area contributed by atoms with Crippen molar-refractivity contribution in [3.05, 3.63) is 47.0 Å². The Morgan fingerprint density at radius 1 is 0.743 bits per heavy atom. The van der Waals surface area contributed by atoms with Gasteiger partial charge in [0.1, 0.15) is 0 Å². The van der Waals surface area contributed by atoms with Crippen molar-refractivity contribution in [2.75, 3.05) is 0 Å². The van der Waals surface area contributed by atoms with Crippen LogP contribution in [0, 0.1) is 35.5 Å².